The summed E-state index contributed by atoms with van der Waals surface area (Å²) in [6, 6.07) is 8.07. The number of nitrogens with zero attached hydrogens (tertiary/aromatic N) is 2. The first kappa shape index (κ1) is 15.5. The van der Waals surface area contributed by atoms with Crippen molar-refractivity contribution in [3.8, 4) is 0 Å². The molecular formula is C17H22N4O2. The quantitative estimate of drug-likeness (QED) is 0.854. The maximum Gasteiger partial charge on any atom is 0.315 e. The highest BCUT2D eigenvalue weighted by atomic mass is 16.4. The van der Waals surface area contributed by atoms with E-state index in [9.17, 15) is 4.79 Å². The van der Waals surface area contributed by atoms with Gasteiger partial charge in [-0.3, -0.25) is 4.79 Å². The standard InChI is InChI=1S/C17H22N4O2/c1-12(22)19-15-9-5-4-8-14(15)11-18-17-21-20-16(23-17)10-13-6-2-3-7-13/h4-5,8-9,13H,2-3,6-7,10-11H2,1H3,(H,18,21)(H,19,22). The zero-order valence-corrected chi connectivity index (χ0v) is 13.3. The zero-order valence-electron chi connectivity index (χ0n) is 13.3. The molecule has 0 unspecified atom stereocenters. The molecular weight excluding hydrogens is 292 g/mol. The van der Waals surface area contributed by atoms with Gasteiger partial charge < -0.3 is 15.1 Å². The van der Waals surface area contributed by atoms with E-state index in [1.807, 2.05) is 24.3 Å². The van der Waals surface area contributed by atoms with Crippen molar-refractivity contribution in [3.05, 3.63) is 35.7 Å². The van der Waals surface area contributed by atoms with E-state index in [4.69, 9.17) is 4.42 Å². The predicted octanol–water partition coefficient (Wildman–Crippen LogP) is 3.37. The molecule has 1 aromatic heterocycles. The number of anilines is 2. The first-order valence-corrected chi connectivity index (χ1v) is 8.12. The van der Waals surface area contributed by atoms with E-state index in [-0.39, 0.29) is 5.91 Å². The van der Waals surface area contributed by atoms with E-state index in [1.165, 1.54) is 32.6 Å². The van der Waals surface area contributed by atoms with Crippen LogP contribution < -0.4 is 10.6 Å². The monoisotopic (exact) mass is 314 g/mol. The van der Waals surface area contributed by atoms with E-state index < -0.39 is 0 Å². The van der Waals surface area contributed by atoms with Crippen molar-refractivity contribution in [2.45, 2.75) is 45.6 Å². The van der Waals surface area contributed by atoms with Crippen molar-refractivity contribution in [2.24, 2.45) is 5.92 Å². The second kappa shape index (κ2) is 7.26. The summed E-state index contributed by atoms with van der Waals surface area (Å²) in [7, 11) is 0. The van der Waals surface area contributed by atoms with Crippen LogP contribution in [0.5, 0.6) is 0 Å². The summed E-state index contributed by atoms with van der Waals surface area (Å²) in [5, 5.41) is 14.1. The van der Waals surface area contributed by atoms with Gasteiger partial charge in [0.05, 0.1) is 0 Å². The molecule has 1 heterocycles. The summed E-state index contributed by atoms with van der Waals surface area (Å²) in [6.45, 7) is 2.01. The molecule has 6 heteroatoms. The molecule has 0 saturated heterocycles. The highest BCUT2D eigenvalue weighted by molar-refractivity contribution is 5.89. The Balaban J connectivity index is 1.58. The van der Waals surface area contributed by atoms with Crippen molar-refractivity contribution in [2.75, 3.05) is 10.6 Å². The maximum atomic E-state index is 11.2. The molecule has 1 aliphatic carbocycles. The van der Waals surface area contributed by atoms with Gasteiger partial charge in [-0.25, -0.2) is 0 Å². The third kappa shape index (κ3) is 4.31. The van der Waals surface area contributed by atoms with Crippen LogP contribution in [0.15, 0.2) is 28.7 Å². The van der Waals surface area contributed by atoms with Crippen LogP contribution in [-0.4, -0.2) is 16.1 Å². The Kier molecular flexibility index (Phi) is 4.90. The van der Waals surface area contributed by atoms with Gasteiger partial charge in [-0.05, 0) is 30.4 Å². The van der Waals surface area contributed by atoms with Gasteiger partial charge in [0.15, 0.2) is 0 Å². The average Bonchev–Trinajstić information content (AvgIpc) is 3.18. The number of benzene rings is 1. The summed E-state index contributed by atoms with van der Waals surface area (Å²) in [5.74, 6) is 1.30. The number of para-hydroxylation sites is 1. The second-order valence-electron chi connectivity index (χ2n) is 6.05. The van der Waals surface area contributed by atoms with Gasteiger partial charge in [-0.2, -0.15) is 0 Å². The van der Waals surface area contributed by atoms with E-state index in [2.05, 4.69) is 20.8 Å². The lowest BCUT2D eigenvalue weighted by atomic mass is 10.0. The Morgan fingerprint density at radius 1 is 1.26 bits per heavy atom. The molecule has 1 fully saturated rings. The molecule has 2 N–H and O–H groups in total. The van der Waals surface area contributed by atoms with Crippen LogP contribution in [-0.2, 0) is 17.8 Å². The van der Waals surface area contributed by atoms with E-state index in [0.717, 1.165) is 17.7 Å². The molecule has 122 valence electrons. The minimum atomic E-state index is -0.0888. The molecule has 1 aliphatic rings. The minimum absolute atomic E-state index is 0.0888. The molecule has 0 atom stereocenters. The van der Waals surface area contributed by atoms with E-state index >= 15 is 0 Å². The average molecular weight is 314 g/mol. The van der Waals surface area contributed by atoms with Gasteiger partial charge in [0.1, 0.15) is 0 Å². The van der Waals surface area contributed by atoms with Crippen molar-refractivity contribution in [1.82, 2.24) is 10.2 Å². The molecule has 1 amide bonds. The molecule has 2 aromatic rings. The highest BCUT2D eigenvalue weighted by Gasteiger charge is 2.18. The van der Waals surface area contributed by atoms with Crippen molar-refractivity contribution in [3.63, 3.8) is 0 Å². The van der Waals surface area contributed by atoms with Crippen LogP contribution in [0.3, 0.4) is 0 Å². The number of nitrogens with one attached hydrogen (secondary N) is 2. The molecule has 0 bridgehead atoms. The Bertz CT molecular complexity index is 662. The van der Waals surface area contributed by atoms with Gasteiger partial charge in [-0.15, -0.1) is 5.10 Å². The zero-order chi connectivity index (χ0) is 16.1. The molecule has 1 saturated carbocycles. The topological polar surface area (TPSA) is 80.0 Å². The van der Waals surface area contributed by atoms with Crippen LogP contribution in [0.25, 0.3) is 0 Å². The maximum absolute atomic E-state index is 11.2. The third-order valence-electron chi connectivity index (χ3n) is 4.16. The molecule has 6 nitrogen and oxygen atoms in total. The summed E-state index contributed by atoms with van der Waals surface area (Å²) in [5.41, 5.74) is 1.76. The SMILES string of the molecule is CC(=O)Nc1ccccc1CNc1nnc(CC2CCCC2)o1. The van der Waals surface area contributed by atoms with Crippen LogP contribution in [0.4, 0.5) is 11.7 Å². The molecule has 1 aromatic carbocycles. The molecule has 3 rings (SSSR count). The Morgan fingerprint density at radius 3 is 2.83 bits per heavy atom. The number of carbonyl (C=O) groups is 1. The number of hydrogen-bond acceptors (Lipinski definition) is 5. The normalized spacial score (nSPS) is 14.8. The number of rotatable bonds is 6. The van der Waals surface area contributed by atoms with Crippen LogP contribution in [0.1, 0.15) is 44.1 Å². The Hall–Kier alpha value is -2.37. The van der Waals surface area contributed by atoms with Crippen LogP contribution in [0, 0.1) is 5.92 Å². The summed E-state index contributed by atoms with van der Waals surface area (Å²) in [6.07, 6.45) is 6.01. The first-order chi connectivity index (χ1) is 11.2. The lowest BCUT2D eigenvalue weighted by Crippen LogP contribution is -2.10. The third-order valence-corrected chi connectivity index (χ3v) is 4.16. The fourth-order valence-electron chi connectivity index (χ4n) is 3.03. The number of aromatic nitrogens is 2. The highest BCUT2D eigenvalue weighted by Crippen LogP contribution is 2.28. The van der Waals surface area contributed by atoms with Gasteiger partial charge in [-0.1, -0.05) is 36.1 Å². The lowest BCUT2D eigenvalue weighted by molar-refractivity contribution is -0.114. The number of amides is 1. The second-order valence-corrected chi connectivity index (χ2v) is 6.05. The smallest absolute Gasteiger partial charge is 0.315 e. The number of carbonyl (C=O) groups excluding carboxylic acids is 1. The van der Waals surface area contributed by atoms with Gasteiger partial charge in [0.25, 0.3) is 0 Å². The summed E-state index contributed by atoms with van der Waals surface area (Å²) >= 11 is 0. The molecule has 0 radical (unpaired) electrons. The minimum Gasteiger partial charge on any atom is -0.408 e. The Labute approximate surface area is 135 Å². The van der Waals surface area contributed by atoms with Crippen LogP contribution in [0.2, 0.25) is 0 Å². The molecule has 0 spiro atoms. The van der Waals surface area contributed by atoms with Gasteiger partial charge >= 0.3 is 6.01 Å². The fourth-order valence-corrected chi connectivity index (χ4v) is 3.03. The van der Waals surface area contributed by atoms with Gasteiger partial charge in [0.2, 0.25) is 11.8 Å². The van der Waals surface area contributed by atoms with Gasteiger partial charge in [0, 0.05) is 25.6 Å². The molecule has 23 heavy (non-hydrogen) atoms. The van der Waals surface area contributed by atoms with E-state index in [0.29, 0.717) is 24.4 Å². The van der Waals surface area contributed by atoms with Crippen molar-refractivity contribution < 1.29 is 9.21 Å². The first-order valence-electron chi connectivity index (χ1n) is 8.12. The van der Waals surface area contributed by atoms with E-state index in [1.54, 1.807) is 0 Å². The summed E-state index contributed by atoms with van der Waals surface area (Å²) in [4.78, 5) is 11.2. The summed E-state index contributed by atoms with van der Waals surface area (Å²) < 4.78 is 5.67. The number of hydrogen-bond donors (Lipinski definition) is 2. The lowest BCUT2D eigenvalue weighted by Gasteiger charge is -2.09. The largest absolute Gasteiger partial charge is 0.408 e. The fraction of sp³-hybridized carbons (Fsp3) is 0.471. The van der Waals surface area contributed by atoms with Crippen LogP contribution >= 0.6 is 0 Å². The Morgan fingerprint density at radius 2 is 2.04 bits per heavy atom. The predicted molar refractivity (Wildman–Crippen MR) is 88.0 cm³/mol. The molecule has 0 aliphatic heterocycles. The van der Waals surface area contributed by atoms with Crippen molar-refractivity contribution in [1.29, 1.82) is 0 Å². The van der Waals surface area contributed by atoms with Crippen molar-refractivity contribution >= 4 is 17.6 Å².